The van der Waals surface area contributed by atoms with E-state index in [9.17, 15) is 0 Å². The zero-order valence-corrected chi connectivity index (χ0v) is 9.17. The van der Waals surface area contributed by atoms with Crippen molar-refractivity contribution in [2.45, 2.75) is 13.3 Å². The van der Waals surface area contributed by atoms with Crippen molar-refractivity contribution in [1.29, 1.82) is 0 Å². The van der Waals surface area contributed by atoms with Gasteiger partial charge >= 0.3 is 6.01 Å². The van der Waals surface area contributed by atoms with Gasteiger partial charge in [-0.3, -0.25) is 0 Å². The van der Waals surface area contributed by atoms with E-state index >= 15 is 0 Å². The fourth-order valence-electron chi connectivity index (χ4n) is 0.742. The molecule has 0 fully saturated rings. The van der Waals surface area contributed by atoms with Crippen molar-refractivity contribution >= 4 is 15.9 Å². The molecule has 0 N–H and O–H groups in total. The molecule has 1 aromatic heterocycles. The van der Waals surface area contributed by atoms with Crippen LogP contribution in [0.2, 0.25) is 0 Å². The molecule has 1 rings (SSSR count). The minimum atomic E-state index is 0.349. The summed E-state index contributed by atoms with van der Waals surface area (Å²) in [5, 5.41) is 0. The lowest BCUT2D eigenvalue weighted by Crippen LogP contribution is -2.01. The van der Waals surface area contributed by atoms with Crippen LogP contribution in [0, 0.1) is 0 Å². The molecule has 1 heterocycles. The molecule has 0 saturated carbocycles. The Morgan fingerprint density at radius 2 is 2.31 bits per heavy atom. The molecule has 0 bridgehead atoms. The van der Waals surface area contributed by atoms with Gasteiger partial charge in [0.2, 0.25) is 5.88 Å². The van der Waals surface area contributed by atoms with E-state index in [2.05, 4.69) is 25.9 Å². The summed E-state index contributed by atoms with van der Waals surface area (Å²) in [6, 6.07) is 0.349. The molecule has 0 aliphatic heterocycles. The van der Waals surface area contributed by atoms with Crippen molar-refractivity contribution in [2.75, 3.05) is 13.7 Å². The van der Waals surface area contributed by atoms with E-state index in [-0.39, 0.29) is 0 Å². The van der Waals surface area contributed by atoms with Crippen LogP contribution in [-0.4, -0.2) is 23.7 Å². The summed E-state index contributed by atoms with van der Waals surface area (Å²) in [7, 11) is 1.55. The highest BCUT2D eigenvalue weighted by molar-refractivity contribution is 9.10. The van der Waals surface area contributed by atoms with Crippen LogP contribution in [0.3, 0.4) is 0 Å². The third kappa shape index (κ3) is 2.84. The maximum atomic E-state index is 5.23. The zero-order chi connectivity index (χ0) is 9.68. The second-order valence-electron chi connectivity index (χ2n) is 2.36. The lowest BCUT2D eigenvalue weighted by Gasteiger charge is -2.04. The van der Waals surface area contributed by atoms with E-state index in [1.165, 1.54) is 0 Å². The minimum absolute atomic E-state index is 0.349. The van der Waals surface area contributed by atoms with Gasteiger partial charge in [-0.2, -0.15) is 4.98 Å². The monoisotopic (exact) mass is 246 g/mol. The molecule has 0 amide bonds. The van der Waals surface area contributed by atoms with Crippen LogP contribution in [-0.2, 0) is 0 Å². The Bertz CT molecular complexity index is 281. The number of nitrogens with zero attached hydrogens (tertiary/aromatic N) is 2. The Kier molecular flexibility index (Phi) is 3.95. The number of halogens is 1. The first kappa shape index (κ1) is 10.2. The third-order valence-electron chi connectivity index (χ3n) is 1.32. The SMILES string of the molecule is CCCOc1ncc(Br)c(OC)n1. The van der Waals surface area contributed by atoms with Crippen molar-refractivity contribution in [3.63, 3.8) is 0 Å². The molecule has 4 nitrogen and oxygen atoms in total. The standard InChI is InChI=1S/C8H11BrN2O2/c1-3-4-13-8-10-5-6(9)7(11-8)12-2/h5H,3-4H2,1-2H3. The van der Waals surface area contributed by atoms with Crippen LogP contribution in [0.25, 0.3) is 0 Å². The predicted molar refractivity (Wildman–Crippen MR) is 52.1 cm³/mol. The van der Waals surface area contributed by atoms with Gasteiger partial charge in [0, 0.05) is 0 Å². The largest absolute Gasteiger partial charge is 0.480 e. The molecule has 0 radical (unpaired) electrons. The molecule has 0 spiro atoms. The maximum absolute atomic E-state index is 5.23. The van der Waals surface area contributed by atoms with Crippen LogP contribution in [0.5, 0.6) is 11.9 Å². The number of aromatic nitrogens is 2. The summed E-state index contributed by atoms with van der Waals surface area (Å²) in [6.45, 7) is 2.64. The Morgan fingerprint density at radius 1 is 1.54 bits per heavy atom. The van der Waals surface area contributed by atoms with E-state index < -0.39 is 0 Å². The van der Waals surface area contributed by atoms with E-state index in [4.69, 9.17) is 9.47 Å². The summed E-state index contributed by atoms with van der Waals surface area (Å²) in [6.07, 6.45) is 2.54. The molecule has 0 atom stereocenters. The van der Waals surface area contributed by atoms with E-state index in [0.29, 0.717) is 18.5 Å². The molecule has 0 saturated heterocycles. The first-order valence-electron chi connectivity index (χ1n) is 3.97. The normalized spacial score (nSPS) is 9.77. The predicted octanol–water partition coefficient (Wildman–Crippen LogP) is 2.04. The van der Waals surface area contributed by atoms with Gasteiger partial charge in [0.05, 0.1) is 24.4 Å². The fraction of sp³-hybridized carbons (Fsp3) is 0.500. The van der Waals surface area contributed by atoms with Crippen molar-refractivity contribution in [3.8, 4) is 11.9 Å². The van der Waals surface area contributed by atoms with Crippen LogP contribution in [0.4, 0.5) is 0 Å². The summed E-state index contributed by atoms with van der Waals surface area (Å²) < 4.78 is 10.9. The second kappa shape index (κ2) is 5.01. The maximum Gasteiger partial charge on any atom is 0.319 e. The van der Waals surface area contributed by atoms with Crippen LogP contribution in [0.1, 0.15) is 13.3 Å². The Labute approximate surface area is 85.4 Å². The number of methoxy groups -OCH3 is 1. The van der Waals surface area contributed by atoms with Crippen molar-refractivity contribution in [3.05, 3.63) is 10.7 Å². The number of hydrogen-bond donors (Lipinski definition) is 0. The molecule has 0 aliphatic carbocycles. The van der Waals surface area contributed by atoms with E-state index in [1.54, 1.807) is 13.3 Å². The summed E-state index contributed by atoms with van der Waals surface area (Å²) in [5.41, 5.74) is 0. The van der Waals surface area contributed by atoms with Gasteiger partial charge in [-0.15, -0.1) is 0 Å². The van der Waals surface area contributed by atoms with Crippen molar-refractivity contribution < 1.29 is 9.47 Å². The molecule has 0 aliphatic rings. The summed E-state index contributed by atoms with van der Waals surface area (Å²) in [4.78, 5) is 7.99. The number of rotatable bonds is 4. The van der Waals surface area contributed by atoms with Gasteiger partial charge in [0.25, 0.3) is 0 Å². The molecular weight excluding hydrogens is 236 g/mol. The first-order valence-corrected chi connectivity index (χ1v) is 4.76. The van der Waals surface area contributed by atoms with Gasteiger partial charge in [-0.1, -0.05) is 6.92 Å². The van der Waals surface area contributed by atoms with Gasteiger partial charge < -0.3 is 9.47 Å². The Balaban J connectivity index is 2.74. The summed E-state index contributed by atoms with van der Waals surface area (Å²) >= 11 is 3.25. The van der Waals surface area contributed by atoms with Gasteiger partial charge in [-0.25, -0.2) is 4.98 Å². The molecule has 0 aromatic carbocycles. The lowest BCUT2D eigenvalue weighted by molar-refractivity contribution is 0.284. The molecule has 72 valence electrons. The molecule has 0 unspecified atom stereocenters. The van der Waals surface area contributed by atoms with Gasteiger partial charge in [0.1, 0.15) is 0 Å². The summed E-state index contributed by atoms with van der Waals surface area (Å²) in [5.74, 6) is 0.487. The minimum Gasteiger partial charge on any atom is -0.480 e. The van der Waals surface area contributed by atoms with Crippen LogP contribution < -0.4 is 9.47 Å². The highest BCUT2D eigenvalue weighted by Crippen LogP contribution is 2.22. The van der Waals surface area contributed by atoms with Crippen LogP contribution >= 0.6 is 15.9 Å². The Hall–Kier alpha value is -0.840. The second-order valence-corrected chi connectivity index (χ2v) is 3.21. The van der Waals surface area contributed by atoms with Crippen molar-refractivity contribution in [1.82, 2.24) is 9.97 Å². The molecule has 1 aromatic rings. The van der Waals surface area contributed by atoms with Crippen LogP contribution in [0.15, 0.2) is 10.7 Å². The zero-order valence-electron chi connectivity index (χ0n) is 7.58. The average molecular weight is 247 g/mol. The van der Waals surface area contributed by atoms with Gasteiger partial charge in [-0.05, 0) is 22.4 Å². The molecule has 13 heavy (non-hydrogen) atoms. The molecule has 5 heteroatoms. The van der Waals surface area contributed by atoms with Gasteiger partial charge in [0.15, 0.2) is 0 Å². The third-order valence-corrected chi connectivity index (χ3v) is 1.86. The average Bonchev–Trinajstić information content (AvgIpc) is 2.16. The number of ether oxygens (including phenoxy) is 2. The molecular formula is C8H11BrN2O2. The fourth-order valence-corrected chi connectivity index (χ4v) is 1.10. The first-order chi connectivity index (χ1) is 6.27. The lowest BCUT2D eigenvalue weighted by atomic mass is 10.5. The van der Waals surface area contributed by atoms with E-state index in [1.807, 2.05) is 6.92 Å². The Morgan fingerprint density at radius 3 is 2.92 bits per heavy atom. The highest BCUT2D eigenvalue weighted by atomic mass is 79.9. The van der Waals surface area contributed by atoms with Crippen molar-refractivity contribution in [2.24, 2.45) is 0 Å². The quantitative estimate of drug-likeness (QED) is 0.816. The number of hydrogen-bond acceptors (Lipinski definition) is 4. The topological polar surface area (TPSA) is 44.2 Å². The van der Waals surface area contributed by atoms with E-state index in [0.717, 1.165) is 10.9 Å². The highest BCUT2D eigenvalue weighted by Gasteiger charge is 2.04. The smallest absolute Gasteiger partial charge is 0.319 e.